The number of fused-ring (bicyclic) bond motifs is 1. The third-order valence-electron chi connectivity index (χ3n) is 3.26. The number of rotatable bonds is 4. The zero-order chi connectivity index (χ0) is 15.5. The Bertz CT molecular complexity index is 668. The number of aliphatic hydroxyl groups excluding tert-OH is 1. The fourth-order valence-electron chi connectivity index (χ4n) is 2.42. The molecule has 4 heteroatoms. The van der Waals surface area contributed by atoms with Gasteiger partial charge in [-0.05, 0) is 17.9 Å². The van der Waals surface area contributed by atoms with Crippen LogP contribution in [0.4, 0.5) is 5.69 Å². The molecule has 2 N–H and O–H groups in total. The number of pyridine rings is 1. The highest BCUT2D eigenvalue weighted by molar-refractivity contribution is 5.93. The van der Waals surface area contributed by atoms with Crippen molar-refractivity contribution in [2.24, 2.45) is 5.41 Å². The molecule has 4 nitrogen and oxygen atoms in total. The average Bonchev–Trinajstić information content (AvgIpc) is 2.42. The lowest BCUT2D eigenvalue weighted by Gasteiger charge is -2.23. The van der Waals surface area contributed by atoms with Gasteiger partial charge in [0, 0.05) is 18.1 Å². The molecule has 0 spiro atoms. The summed E-state index contributed by atoms with van der Waals surface area (Å²) in [6.45, 7) is 6.70. The number of nitrogens with one attached hydrogen (secondary N) is 1. The van der Waals surface area contributed by atoms with Crippen LogP contribution in [0.5, 0.6) is 0 Å². The van der Waals surface area contributed by atoms with Crippen LogP contribution in [-0.2, 0) is 0 Å². The van der Waals surface area contributed by atoms with E-state index in [0.717, 1.165) is 16.6 Å². The van der Waals surface area contributed by atoms with Crippen LogP contribution >= 0.6 is 0 Å². The molecule has 1 aromatic heterocycles. The van der Waals surface area contributed by atoms with E-state index in [0.29, 0.717) is 18.5 Å². The Hall–Kier alpha value is -2.12. The zero-order valence-corrected chi connectivity index (χ0v) is 12.7. The molecular weight excluding hydrogens is 262 g/mol. The minimum Gasteiger partial charge on any atom is -0.391 e. The van der Waals surface area contributed by atoms with Crippen LogP contribution in [0, 0.1) is 16.7 Å². The highest BCUT2D eigenvalue weighted by Gasteiger charge is 2.17. The molecule has 1 unspecified atom stereocenters. The van der Waals surface area contributed by atoms with E-state index in [1.165, 1.54) is 0 Å². The Morgan fingerprint density at radius 2 is 2.05 bits per heavy atom. The molecule has 1 atom stereocenters. The molecule has 2 aromatic rings. The molecule has 21 heavy (non-hydrogen) atoms. The number of aromatic nitrogens is 1. The predicted molar refractivity (Wildman–Crippen MR) is 85.0 cm³/mol. The Kier molecular flexibility index (Phi) is 4.44. The highest BCUT2D eigenvalue weighted by atomic mass is 16.3. The molecule has 0 aliphatic rings. The molecule has 0 amide bonds. The van der Waals surface area contributed by atoms with Gasteiger partial charge in [-0.2, -0.15) is 5.26 Å². The van der Waals surface area contributed by atoms with Crippen molar-refractivity contribution < 1.29 is 5.11 Å². The smallest absolute Gasteiger partial charge is 0.103 e. The molecule has 1 heterocycles. The van der Waals surface area contributed by atoms with Crippen LogP contribution in [0.2, 0.25) is 0 Å². The fourth-order valence-corrected chi connectivity index (χ4v) is 2.42. The summed E-state index contributed by atoms with van der Waals surface area (Å²) in [5.74, 6) is 0. The number of hydrogen-bond donors (Lipinski definition) is 2. The largest absolute Gasteiger partial charge is 0.391 e. The number of para-hydroxylation sites is 1. The van der Waals surface area contributed by atoms with Gasteiger partial charge >= 0.3 is 0 Å². The van der Waals surface area contributed by atoms with Gasteiger partial charge in [0.15, 0.2) is 0 Å². The van der Waals surface area contributed by atoms with E-state index in [1.807, 2.05) is 24.3 Å². The quantitative estimate of drug-likeness (QED) is 0.903. The van der Waals surface area contributed by atoms with Gasteiger partial charge in [0.05, 0.1) is 22.9 Å². The SMILES string of the molecule is CC(C)(C)CC(O)CNc1c(C#N)cnc2ccccc12. The number of nitrogens with zero attached hydrogens (tertiary/aromatic N) is 2. The summed E-state index contributed by atoms with van der Waals surface area (Å²) in [7, 11) is 0. The van der Waals surface area contributed by atoms with Gasteiger partial charge in [0.2, 0.25) is 0 Å². The monoisotopic (exact) mass is 283 g/mol. The molecule has 110 valence electrons. The normalized spacial score (nSPS) is 12.9. The van der Waals surface area contributed by atoms with Crippen molar-refractivity contribution in [1.29, 1.82) is 5.26 Å². The first kappa shape index (κ1) is 15.3. The van der Waals surface area contributed by atoms with E-state index in [-0.39, 0.29) is 5.41 Å². The van der Waals surface area contributed by atoms with E-state index < -0.39 is 6.10 Å². The molecule has 1 aromatic carbocycles. The summed E-state index contributed by atoms with van der Waals surface area (Å²) in [5, 5.41) is 23.5. The van der Waals surface area contributed by atoms with Gasteiger partial charge in [-0.25, -0.2) is 0 Å². The van der Waals surface area contributed by atoms with Crippen molar-refractivity contribution in [2.75, 3.05) is 11.9 Å². The van der Waals surface area contributed by atoms with E-state index in [1.54, 1.807) is 6.20 Å². The van der Waals surface area contributed by atoms with E-state index in [9.17, 15) is 10.4 Å². The first-order valence-corrected chi connectivity index (χ1v) is 7.10. The third-order valence-corrected chi connectivity index (χ3v) is 3.26. The molecule has 2 rings (SSSR count). The van der Waals surface area contributed by atoms with Crippen molar-refractivity contribution in [1.82, 2.24) is 4.98 Å². The van der Waals surface area contributed by atoms with Crippen LogP contribution < -0.4 is 5.32 Å². The van der Waals surface area contributed by atoms with Crippen molar-refractivity contribution in [3.63, 3.8) is 0 Å². The van der Waals surface area contributed by atoms with Crippen LogP contribution in [-0.4, -0.2) is 22.7 Å². The maximum absolute atomic E-state index is 10.1. The van der Waals surface area contributed by atoms with Crippen molar-refractivity contribution in [3.05, 3.63) is 36.0 Å². The molecule has 0 aliphatic heterocycles. The molecule has 0 bridgehead atoms. The van der Waals surface area contributed by atoms with E-state index >= 15 is 0 Å². The lowest BCUT2D eigenvalue weighted by Crippen LogP contribution is -2.25. The maximum Gasteiger partial charge on any atom is 0.103 e. The lowest BCUT2D eigenvalue weighted by molar-refractivity contribution is 0.132. The van der Waals surface area contributed by atoms with Gasteiger partial charge < -0.3 is 10.4 Å². The van der Waals surface area contributed by atoms with Gasteiger partial charge in [-0.3, -0.25) is 4.98 Å². The lowest BCUT2D eigenvalue weighted by atomic mass is 9.89. The molecule has 0 fully saturated rings. The summed E-state index contributed by atoms with van der Waals surface area (Å²) < 4.78 is 0. The minimum absolute atomic E-state index is 0.0689. The predicted octanol–water partition coefficient (Wildman–Crippen LogP) is 3.32. The summed E-state index contributed by atoms with van der Waals surface area (Å²) in [6.07, 6.45) is 1.81. The maximum atomic E-state index is 10.1. The summed E-state index contributed by atoms with van der Waals surface area (Å²) >= 11 is 0. The van der Waals surface area contributed by atoms with Crippen LogP contribution in [0.3, 0.4) is 0 Å². The number of hydrogen-bond acceptors (Lipinski definition) is 4. The first-order chi connectivity index (χ1) is 9.90. The zero-order valence-electron chi connectivity index (χ0n) is 12.7. The number of benzene rings is 1. The summed E-state index contributed by atoms with van der Waals surface area (Å²) in [5.41, 5.74) is 2.15. The molecule has 0 saturated heterocycles. The number of aliphatic hydroxyl groups is 1. The number of anilines is 1. The molecular formula is C17H21N3O. The molecule has 0 radical (unpaired) electrons. The van der Waals surface area contributed by atoms with Gasteiger partial charge in [0.25, 0.3) is 0 Å². The highest BCUT2D eigenvalue weighted by Crippen LogP contribution is 2.26. The van der Waals surface area contributed by atoms with Gasteiger partial charge in [-0.15, -0.1) is 0 Å². The Morgan fingerprint density at radius 3 is 2.71 bits per heavy atom. The number of nitriles is 1. The second-order valence-corrected chi connectivity index (χ2v) is 6.48. The van der Waals surface area contributed by atoms with Crippen molar-refractivity contribution in [3.8, 4) is 6.07 Å². The van der Waals surface area contributed by atoms with Crippen molar-refractivity contribution >= 4 is 16.6 Å². The average molecular weight is 283 g/mol. The summed E-state index contributed by atoms with van der Waals surface area (Å²) in [6, 6.07) is 9.83. The summed E-state index contributed by atoms with van der Waals surface area (Å²) in [4.78, 5) is 4.27. The van der Waals surface area contributed by atoms with Gasteiger partial charge in [0.1, 0.15) is 6.07 Å². The Morgan fingerprint density at radius 1 is 1.33 bits per heavy atom. The van der Waals surface area contributed by atoms with Gasteiger partial charge in [-0.1, -0.05) is 39.0 Å². The third kappa shape index (κ3) is 3.93. The minimum atomic E-state index is -0.455. The second-order valence-electron chi connectivity index (χ2n) is 6.48. The molecule has 0 saturated carbocycles. The topological polar surface area (TPSA) is 68.9 Å². The van der Waals surface area contributed by atoms with Crippen LogP contribution in [0.25, 0.3) is 10.9 Å². The van der Waals surface area contributed by atoms with Crippen LogP contribution in [0.15, 0.2) is 30.5 Å². The Balaban J connectivity index is 2.23. The van der Waals surface area contributed by atoms with E-state index in [4.69, 9.17) is 0 Å². The second kappa shape index (κ2) is 6.11. The fraction of sp³-hybridized carbons (Fsp3) is 0.412. The standard InChI is InChI=1S/C17H21N3O/c1-17(2,3)8-13(21)11-20-16-12(9-18)10-19-15-7-5-4-6-14(15)16/h4-7,10,13,21H,8,11H2,1-3H3,(H,19,20). The Labute approximate surface area is 125 Å². The first-order valence-electron chi connectivity index (χ1n) is 7.10. The molecule has 0 aliphatic carbocycles. The van der Waals surface area contributed by atoms with Crippen molar-refractivity contribution in [2.45, 2.75) is 33.3 Å². The van der Waals surface area contributed by atoms with Crippen LogP contribution in [0.1, 0.15) is 32.8 Å². The van der Waals surface area contributed by atoms with E-state index in [2.05, 4.69) is 37.1 Å².